The van der Waals surface area contributed by atoms with Crippen LogP contribution in [0.1, 0.15) is 30.4 Å². The first-order valence-electron chi connectivity index (χ1n) is 11.2. The number of nitrogens with one attached hydrogen (secondary N) is 1. The van der Waals surface area contributed by atoms with Crippen molar-refractivity contribution in [2.24, 2.45) is 23.7 Å². The number of amides is 3. The van der Waals surface area contributed by atoms with Crippen LogP contribution in [-0.2, 0) is 27.0 Å². The first-order chi connectivity index (χ1) is 16.1. The van der Waals surface area contributed by atoms with Crippen LogP contribution in [0.15, 0.2) is 48.5 Å². The molecule has 5 unspecified atom stereocenters. The monoisotopic (exact) mass is 490 g/mol. The van der Waals surface area contributed by atoms with E-state index in [-0.39, 0.29) is 40.8 Å². The van der Waals surface area contributed by atoms with Gasteiger partial charge in [0.25, 0.3) is 0 Å². The average Bonchev–Trinajstić information content (AvgIpc) is 3.47. The van der Waals surface area contributed by atoms with E-state index in [1.807, 2.05) is 0 Å². The van der Waals surface area contributed by atoms with Crippen molar-refractivity contribution >= 4 is 35.0 Å². The molecule has 2 saturated carbocycles. The Morgan fingerprint density at radius 1 is 1.03 bits per heavy atom. The summed E-state index contributed by atoms with van der Waals surface area (Å²) < 4.78 is 39.6. The van der Waals surface area contributed by atoms with Crippen LogP contribution in [0.4, 0.5) is 18.9 Å². The largest absolute Gasteiger partial charge is 0.416 e. The minimum atomic E-state index is -4.62. The lowest BCUT2D eigenvalue weighted by Gasteiger charge is -2.27. The summed E-state index contributed by atoms with van der Waals surface area (Å²) in [7, 11) is 0. The molecule has 3 amide bonds. The summed E-state index contributed by atoms with van der Waals surface area (Å²) in [5, 5.41) is 2.37. The van der Waals surface area contributed by atoms with Gasteiger partial charge in [0.05, 0.1) is 28.1 Å². The smallest absolute Gasteiger partial charge is 0.323 e. The van der Waals surface area contributed by atoms with Crippen LogP contribution in [0.3, 0.4) is 0 Å². The quantitative estimate of drug-likeness (QED) is 0.604. The summed E-state index contributed by atoms with van der Waals surface area (Å²) in [5.41, 5.74) is -0.469. The summed E-state index contributed by atoms with van der Waals surface area (Å²) in [6, 6.07) is 10.3. The van der Waals surface area contributed by atoms with Gasteiger partial charge < -0.3 is 5.32 Å². The number of carbonyl (C=O) groups excluding carboxylic acids is 3. The van der Waals surface area contributed by atoms with Gasteiger partial charge in [-0.15, -0.1) is 0 Å². The molecular weight excluding hydrogens is 469 g/mol. The Hall–Kier alpha value is -2.87. The molecule has 1 N–H and O–H groups in total. The van der Waals surface area contributed by atoms with E-state index in [9.17, 15) is 27.6 Å². The van der Waals surface area contributed by atoms with Crippen LogP contribution >= 0.6 is 11.6 Å². The van der Waals surface area contributed by atoms with Gasteiger partial charge in [0.2, 0.25) is 17.7 Å². The van der Waals surface area contributed by atoms with Gasteiger partial charge >= 0.3 is 6.18 Å². The number of fused-ring (bicyclic) bond motifs is 5. The van der Waals surface area contributed by atoms with Crippen molar-refractivity contribution in [1.82, 2.24) is 4.90 Å². The Bertz CT molecular complexity index is 1130. The summed E-state index contributed by atoms with van der Waals surface area (Å²) >= 11 is 6.07. The van der Waals surface area contributed by atoms with Crippen LogP contribution in [0, 0.1) is 23.7 Å². The highest BCUT2D eigenvalue weighted by Gasteiger charge is 2.62. The zero-order chi connectivity index (χ0) is 24.2. The second kappa shape index (κ2) is 8.41. The number of halogens is 4. The molecule has 3 fully saturated rings. The molecule has 2 aromatic carbocycles. The van der Waals surface area contributed by atoms with Gasteiger partial charge in [0.15, 0.2) is 0 Å². The normalized spacial score (nSPS) is 26.6. The number of alkyl halides is 3. The number of nitrogens with zero attached hydrogens (tertiary/aromatic N) is 1. The summed E-state index contributed by atoms with van der Waals surface area (Å²) in [5.74, 6) is -1.98. The van der Waals surface area contributed by atoms with Gasteiger partial charge in [0.1, 0.15) is 6.04 Å². The Morgan fingerprint density at radius 3 is 2.24 bits per heavy atom. The second-order valence-electron chi connectivity index (χ2n) is 9.32. The van der Waals surface area contributed by atoms with E-state index in [4.69, 9.17) is 11.6 Å². The number of anilines is 1. The van der Waals surface area contributed by atoms with Crippen molar-refractivity contribution < 1.29 is 27.6 Å². The molecule has 3 aliphatic rings. The Balaban J connectivity index is 1.47. The SMILES string of the molecule is O=C(Nc1cc(C(F)(F)F)ccc1Cl)C(Cc1ccccc1)N1C(=O)C2C3CCC(C3)C2C1=O. The molecule has 2 bridgehead atoms. The fourth-order valence-electron chi connectivity index (χ4n) is 5.89. The predicted molar refractivity (Wildman–Crippen MR) is 119 cm³/mol. The van der Waals surface area contributed by atoms with Crippen LogP contribution in [0.5, 0.6) is 0 Å². The number of likely N-dealkylation sites (tertiary alicyclic amines) is 1. The number of carbonyl (C=O) groups is 3. The van der Waals surface area contributed by atoms with Gasteiger partial charge in [-0.2, -0.15) is 13.2 Å². The molecule has 2 aromatic rings. The van der Waals surface area contributed by atoms with E-state index in [2.05, 4.69) is 5.32 Å². The molecule has 5 atom stereocenters. The first-order valence-corrected chi connectivity index (χ1v) is 11.6. The molecule has 1 aliphatic heterocycles. The molecular formula is C25H22ClF3N2O3. The van der Waals surface area contributed by atoms with E-state index in [0.29, 0.717) is 0 Å². The van der Waals surface area contributed by atoms with E-state index in [1.165, 1.54) is 0 Å². The van der Waals surface area contributed by atoms with Gasteiger partial charge in [-0.1, -0.05) is 41.9 Å². The number of hydrogen-bond acceptors (Lipinski definition) is 3. The molecule has 9 heteroatoms. The van der Waals surface area contributed by atoms with Crippen LogP contribution in [0.2, 0.25) is 5.02 Å². The highest BCUT2D eigenvalue weighted by molar-refractivity contribution is 6.33. The van der Waals surface area contributed by atoms with Gasteiger partial charge in [-0.25, -0.2) is 0 Å². The highest BCUT2D eigenvalue weighted by Crippen LogP contribution is 2.56. The lowest BCUT2D eigenvalue weighted by molar-refractivity contribution is -0.147. The molecule has 0 aromatic heterocycles. The zero-order valence-corrected chi connectivity index (χ0v) is 18.8. The summed E-state index contributed by atoms with van der Waals surface area (Å²) in [6.45, 7) is 0. The molecule has 1 saturated heterocycles. The highest BCUT2D eigenvalue weighted by atomic mass is 35.5. The zero-order valence-electron chi connectivity index (χ0n) is 18.0. The van der Waals surface area contributed by atoms with Crippen molar-refractivity contribution in [1.29, 1.82) is 0 Å². The third kappa shape index (κ3) is 3.87. The van der Waals surface area contributed by atoms with Gasteiger partial charge in [-0.3, -0.25) is 19.3 Å². The molecule has 2 aliphatic carbocycles. The average molecular weight is 491 g/mol. The van der Waals surface area contributed by atoms with Crippen molar-refractivity contribution in [3.8, 4) is 0 Å². The maximum absolute atomic E-state index is 13.4. The minimum Gasteiger partial charge on any atom is -0.323 e. The summed E-state index contributed by atoms with van der Waals surface area (Å²) in [4.78, 5) is 41.2. The van der Waals surface area contributed by atoms with Crippen molar-refractivity contribution in [2.45, 2.75) is 37.9 Å². The third-order valence-corrected chi connectivity index (χ3v) is 7.73. The molecule has 34 heavy (non-hydrogen) atoms. The second-order valence-corrected chi connectivity index (χ2v) is 9.73. The van der Waals surface area contributed by atoms with E-state index >= 15 is 0 Å². The Morgan fingerprint density at radius 2 is 1.65 bits per heavy atom. The van der Waals surface area contributed by atoms with Crippen LogP contribution in [0.25, 0.3) is 0 Å². The number of hydrogen-bond donors (Lipinski definition) is 1. The fourth-order valence-corrected chi connectivity index (χ4v) is 6.06. The Kier molecular flexibility index (Phi) is 5.67. The van der Waals surface area contributed by atoms with Crippen molar-refractivity contribution in [3.05, 3.63) is 64.7 Å². The molecule has 5 rings (SSSR count). The van der Waals surface area contributed by atoms with Crippen LogP contribution in [-0.4, -0.2) is 28.7 Å². The molecule has 0 radical (unpaired) electrons. The fraction of sp³-hybridized carbons (Fsp3) is 0.400. The van der Waals surface area contributed by atoms with E-state index in [0.717, 1.165) is 47.9 Å². The third-order valence-electron chi connectivity index (χ3n) is 7.40. The lowest BCUT2D eigenvalue weighted by Crippen LogP contribution is -2.49. The maximum atomic E-state index is 13.4. The predicted octanol–water partition coefficient (Wildman–Crippen LogP) is 4.94. The topological polar surface area (TPSA) is 66.5 Å². The van der Waals surface area contributed by atoms with E-state index in [1.54, 1.807) is 30.3 Å². The number of benzene rings is 2. The lowest BCUT2D eigenvalue weighted by atomic mass is 9.81. The molecule has 178 valence electrons. The standard InChI is InChI=1S/C25H22ClF3N2O3/c26-17-9-8-16(25(27,28)29)12-18(17)30-22(32)19(10-13-4-2-1-3-5-13)31-23(33)20-14-6-7-15(11-14)21(20)24(31)34/h1-5,8-9,12,14-15,19-21H,6-7,10-11H2,(H,30,32). The van der Waals surface area contributed by atoms with Crippen molar-refractivity contribution in [3.63, 3.8) is 0 Å². The van der Waals surface area contributed by atoms with Gasteiger partial charge in [0, 0.05) is 6.42 Å². The molecule has 1 heterocycles. The number of rotatable bonds is 5. The van der Waals surface area contributed by atoms with Gasteiger partial charge in [-0.05, 0) is 54.9 Å². The van der Waals surface area contributed by atoms with Crippen molar-refractivity contribution in [2.75, 3.05) is 5.32 Å². The van der Waals surface area contributed by atoms with Crippen LogP contribution < -0.4 is 5.32 Å². The Labute approximate surface area is 199 Å². The molecule has 0 spiro atoms. The summed E-state index contributed by atoms with van der Waals surface area (Å²) in [6.07, 6.45) is -1.92. The van der Waals surface area contributed by atoms with E-state index < -0.39 is 35.5 Å². The molecule has 5 nitrogen and oxygen atoms in total. The maximum Gasteiger partial charge on any atom is 0.416 e. The first kappa shape index (κ1) is 22.9. The minimum absolute atomic E-state index is 0.0511. The number of imide groups is 1.